The fourth-order valence-electron chi connectivity index (χ4n) is 7.22. The predicted molar refractivity (Wildman–Crippen MR) is 207 cm³/mol. The zero-order chi connectivity index (χ0) is 35.3. The third-order valence-corrected chi connectivity index (χ3v) is 12.7. The Morgan fingerprint density at radius 1 is 0.960 bits per heavy atom. The van der Waals surface area contributed by atoms with E-state index in [-0.39, 0.29) is 63.4 Å². The molecule has 0 bridgehead atoms. The summed E-state index contributed by atoms with van der Waals surface area (Å²) in [6.07, 6.45) is 13.4. The topological polar surface area (TPSA) is 76.0 Å². The standard InChI is InChI=1S/C30H30N3Se.C13H24O2.Ir/c1-18-9-11-21-15-22(16-24(26(21)33-18)30(2,3)4)27-29-28(32-17-31-27)23-12-10-20(14-25(23)34-29)13-19-7-5-6-8-19;1-5-10(6-2)12(14)9-13(15)11(7-3)8-4;/h9-12,14,16-17,19H,5-8,13H2,1-4H3;9-11,14H,5-8H2,1-4H3;/q-1;;/b;12-9-;. The summed E-state index contributed by atoms with van der Waals surface area (Å²) in [6.45, 7) is 16.9. The van der Waals surface area contributed by atoms with Crippen molar-refractivity contribution in [3.63, 3.8) is 0 Å². The first-order chi connectivity index (χ1) is 23.5. The number of carbonyl (C=O) groups is 1. The van der Waals surface area contributed by atoms with E-state index < -0.39 is 0 Å². The average molecular weight is 916 g/mol. The third kappa shape index (κ3) is 9.20. The molecule has 269 valence electrons. The number of ketones is 1. The van der Waals surface area contributed by atoms with Crippen molar-refractivity contribution in [2.45, 2.75) is 119 Å². The average Bonchev–Trinajstić information content (AvgIpc) is 3.72. The van der Waals surface area contributed by atoms with Gasteiger partial charge in [-0.05, 0) is 25.7 Å². The SMILES string of the molecule is CCC(CC)C(=O)/C=C(\O)C(CC)CC.Cc1ccc2[c-]c(-c3ncnc4c3[se]c3cc(CC5CCCC5)ccc34)cc(C(C)(C)C)c2n1.[Ir]. The molecule has 3 aromatic heterocycles. The minimum absolute atomic E-state index is 0. The summed E-state index contributed by atoms with van der Waals surface area (Å²) in [7, 11) is 0. The second-order valence-corrected chi connectivity index (χ2v) is 17.1. The number of aryl methyl sites for hydroxylation is 1. The summed E-state index contributed by atoms with van der Waals surface area (Å²) in [6, 6.07) is 17.2. The molecular formula is C43H54IrN3O2Se-. The molecule has 0 unspecified atom stereocenters. The zero-order valence-corrected chi connectivity index (χ0v) is 35.3. The number of benzene rings is 2. The monoisotopic (exact) mass is 917 g/mol. The van der Waals surface area contributed by atoms with E-state index in [9.17, 15) is 9.90 Å². The Balaban J connectivity index is 0.000000301. The summed E-state index contributed by atoms with van der Waals surface area (Å²) in [5.41, 5.74) is 8.00. The fraction of sp³-hybridized carbons (Fsp3) is 0.488. The molecule has 3 heterocycles. The van der Waals surface area contributed by atoms with Gasteiger partial charge in [-0.1, -0.05) is 27.7 Å². The number of rotatable bonds is 10. The van der Waals surface area contributed by atoms with Gasteiger partial charge in [-0.3, -0.25) is 4.79 Å². The molecular weight excluding hydrogens is 862 g/mol. The van der Waals surface area contributed by atoms with Gasteiger partial charge in [-0.15, -0.1) is 0 Å². The second-order valence-electron chi connectivity index (χ2n) is 14.9. The molecule has 50 heavy (non-hydrogen) atoms. The number of carbonyl (C=O) groups excluding carboxylic acids is 1. The van der Waals surface area contributed by atoms with Crippen LogP contribution in [-0.4, -0.2) is 40.3 Å². The first kappa shape index (κ1) is 40.1. The van der Waals surface area contributed by atoms with Crippen molar-refractivity contribution in [3.05, 3.63) is 77.4 Å². The number of aromatic nitrogens is 3. The molecule has 1 N–H and O–H groups in total. The summed E-state index contributed by atoms with van der Waals surface area (Å²) >= 11 is 0.198. The maximum absolute atomic E-state index is 11.7. The van der Waals surface area contributed by atoms with Gasteiger partial charge in [0, 0.05) is 38.0 Å². The number of hydrogen-bond acceptors (Lipinski definition) is 5. The summed E-state index contributed by atoms with van der Waals surface area (Å²) in [5, 5.41) is 12.1. The van der Waals surface area contributed by atoms with Gasteiger partial charge in [0.2, 0.25) is 0 Å². The number of allylic oxidation sites excluding steroid dienone is 2. The Labute approximate surface area is 318 Å². The number of aliphatic hydroxyl groups is 1. The molecule has 7 heteroatoms. The molecule has 0 aliphatic heterocycles. The first-order valence-corrected chi connectivity index (χ1v) is 20.1. The van der Waals surface area contributed by atoms with Gasteiger partial charge in [-0.2, -0.15) is 0 Å². The quantitative estimate of drug-likeness (QED) is 0.0654. The van der Waals surface area contributed by atoms with Crippen LogP contribution >= 0.6 is 0 Å². The third-order valence-electron chi connectivity index (χ3n) is 10.3. The molecule has 1 radical (unpaired) electrons. The molecule has 0 saturated heterocycles. The Morgan fingerprint density at radius 2 is 1.64 bits per heavy atom. The van der Waals surface area contributed by atoms with Crippen LogP contribution in [0.5, 0.6) is 0 Å². The van der Waals surface area contributed by atoms with Crippen molar-refractivity contribution in [2.75, 3.05) is 0 Å². The van der Waals surface area contributed by atoms with Gasteiger partial charge in [0.15, 0.2) is 5.78 Å². The summed E-state index contributed by atoms with van der Waals surface area (Å²) in [4.78, 5) is 26.1. The van der Waals surface area contributed by atoms with Crippen molar-refractivity contribution in [3.8, 4) is 11.3 Å². The van der Waals surface area contributed by atoms with E-state index in [1.54, 1.807) is 6.33 Å². The van der Waals surface area contributed by atoms with Crippen LogP contribution in [0.15, 0.2) is 54.6 Å². The maximum Gasteiger partial charge on any atom is 0 e. The van der Waals surface area contributed by atoms with Crippen LogP contribution in [0.1, 0.15) is 117 Å². The number of fused-ring (bicyclic) bond motifs is 4. The van der Waals surface area contributed by atoms with Crippen LogP contribution in [0.4, 0.5) is 0 Å². The molecule has 6 rings (SSSR count). The van der Waals surface area contributed by atoms with Crippen molar-refractivity contribution < 1.29 is 30.0 Å². The minimum atomic E-state index is -0.0255. The normalized spacial score (nSPS) is 14.1. The van der Waals surface area contributed by atoms with Gasteiger partial charge >= 0.3 is 208 Å². The molecule has 5 nitrogen and oxygen atoms in total. The van der Waals surface area contributed by atoms with Crippen LogP contribution in [0.25, 0.3) is 41.6 Å². The maximum atomic E-state index is 11.7. The van der Waals surface area contributed by atoms with E-state index in [0.717, 1.165) is 65.0 Å². The Hall–Kier alpha value is -2.69. The van der Waals surface area contributed by atoms with E-state index in [1.165, 1.54) is 63.2 Å². The van der Waals surface area contributed by atoms with E-state index in [1.807, 2.05) is 27.7 Å². The molecule has 0 spiro atoms. The van der Waals surface area contributed by atoms with Crippen LogP contribution in [0.2, 0.25) is 0 Å². The van der Waals surface area contributed by atoms with Gasteiger partial charge in [0.05, 0.1) is 5.76 Å². The van der Waals surface area contributed by atoms with Crippen molar-refractivity contribution >= 4 is 50.6 Å². The minimum Gasteiger partial charge on any atom is 0 e. The fourth-order valence-corrected chi connectivity index (χ4v) is 9.79. The van der Waals surface area contributed by atoms with Crippen LogP contribution in [0.3, 0.4) is 0 Å². The van der Waals surface area contributed by atoms with Gasteiger partial charge in [0.25, 0.3) is 0 Å². The summed E-state index contributed by atoms with van der Waals surface area (Å²) < 4.78 is 2.74. The van der Waals surface area contributed by atoms with E-state index >= 15 is 0 Å². The number of aliphatic hydroxyl groups excluding tert-OH is 1. The van der Waals surface area contributed by atoms with Gasteiger partial charge in [0.1, 0.15) is 0 Å². The molecule has 0 amide bonds. The number of hydrogen-bond donors (Lipinski definition) is 1. The Morgan fingerprint density at radius 3 is 2.28 bits per heavy atom. The predicted octanol–water partition coefficient (Wildman–Crippen LogP) is 11.1. The first-order valence-electron chi connectivity index (χ1n) is 18.4. The molecule has 0 atom stereocenters. The number of pyridine rings is 1. The van der Waals surface area contributed by atoms with Gasteiger partial charge < -0.3 is 5.11 Å². The van der Waals surface area contributed by atoms with Crippen molar-refractivity contribution in [1.29, 1.82) is 0 Å². The van der Waals surface area contributed by atoms with Crippen LogP contribution in [-0.2, 0) is 36.7 Å². The largest absolute Gasteiger partial charge is 0 e. The molecule has 1 saturated carbocycles. The van der Waals surface area contributed by atoms with Crippen LogP contribution < -0.4 is 0 Å². The molecule has 1 aliphatic rings. The molecule has 5 aromatic rings. The summed E-state index contributed by atoms with van der Waals surface area (Å²) in [5.74, 6) is 1.41. The Kier molecular flexibility index (Phi) is 14.2. The smallest absolute Gasteiger partial charge is 0 e. The second kappa shape index (κ2) is 17.7. The van der Waals surface area contributed by atoms with Crippen molar-refractivity contribution in [2.24, 2.45) is 17.8 Å². The van der Waals surface area contributed by atoms with Gasteiger partial charge in [-0.25, -0.2) is 0 Å². The molecule has 1 fully saturated rings. The number of nitrogens with zero attached hydrogens (tertiary/aromatic N) is 3. The van der Waals surface area contributed by atoms with Crippen LogP contribution in [0, 0.1) is 30.7 Å². The molecule has 2 aromatic carbocycles. The van der Waals surface area contributed by atoms with Crippen molar-refractivity contribution in [1.82, 2.24) is 15.0 Å². The zero-order valence-electron chi connectivity index (χ0n) is 31.2. The van der Waals surface area contributed by atoms with E-state index in [0.29, 0.717) is 0 Å². The van der Waals surface area contributed by atoms with E-state index in [4.69, 9.17) is 15.0 Å². The molecule has 1 aliphatic carbocycles. The van der Waals surface area contributed by atoms with E-state index in [2.05, 4.69) is 70.2 Å². The Bertz CT molecular complexity index is 1940.